The average Bonchev–Trinajstić information content (AvgIpc) is 2.62. The Bertz CT molecular complexity index is 718. The van der Waals surface area contributed by atoms with Crippen molar-refractivity contribution in [3.05, 3.63) is 42.0 Å². The van der Waals surface area contributed by atoms with Gasteiger partial charge in [0, 0.05) is 18.7 Å². The molecular formula is C15H17FN6O2. The maximum absolute atomic E-state index is 12.9. The number of hydrogen-bond donors (Lipinski definition) is 3. The van der Waals surface area contributed by atoms with Crippen LogP contribution in [0.5, 0.6) is 0 Å². The monoisotopic (exact) mass is 332 g/mol. The number of rotatable bonds is 4. The van der Waals surface area contributed by atoms with Crippen LogP contribution in [-0.4, -0.2) is 42.2 Å². The molecule has 0 spiro atoms. The standard InChI is InChI=1S/C15H17FN6O2/c16-11-3-1-10(2-4-11)15(23)21-20-13-12(17)14(19-9-18-13)22-5-7-24-8-6-22/h1-4,9H,5-8,17H2,(H,21,23)(H,18,19,20). The smallest absolute Gasteiger partial charge is 0.269 e. The quantitative estimate of drug-likeness (QED) is 0.711. The van der Waals surface area contributed by atoms with E-state index in [1.54, 1.807) is 0 Å². The van der Waals surface area contributed by atoms with Gasteiger partial charge in [0.2, 0.25) is 0 Å². The molecule has 2 aromatic rings. The number of nitrogen functional groups attached to an aromatic ring is 1. The number of carbonyl (C=O) groups is 1. The summed E-state index contributed by atoms with van der Waals surface area (Å²) < 4.78 is 18.2. The highest BCUT2D eigenvalue weighted by Crippen LogP contribution is 2.26. The van der Waals surface area contributed by atoms with E-state index in [9.17, 15) is 9.18 Å². The molecule has 1 aromatic carbocycles. The second-order valence-electron chi connectivity index (χ2n) is 5.14. The van der Waals surface area contributed by atoms with Crippen molar-refractivity contribution in [3.63, 3.8) is 0 Å². The Kier molecular flexibility index (Phi) is 4.71. The molecule has 0 aliphatic carbocycles. The summed E-state index contributed by atoms with van der Waals surface area (Å²) in [4.78, 5) is 22.2. The fourth-order valence-corrected chi connectivity index (χ4v) is 2.30. The largest absolute Gasteiger partial charge is 0.393 e. The minimum Gasteiger partial charge on any atom is -0.393 e. The Morgan fingerprint density at radius 3 is 2.62 bits per heavy atom. The summed E-state index contributed by atoms with van der Waals surface area (Å²) in [6, 6.07) is 5.19. The number of aromatic nitrogens is 2. The Balaban J connectivity index is 1.68. The van der Waals surface area contributed by atoms with Crippen molar-refractivity contribution in [2.75, 3.05) is 42.4 Å². The lowest BCUT2D eigenvalue weighted by molar-refractivity contribution is 0.0962. The molecule has 0 saturated carbocycles. The third-order valence-corrected chi connectivity index (χ3v) is 3.57. The van der Waals surface area contributed by atoms with Crippen molar-refractivity contribution >= 4 is 23.2 Å². The summed E-state index contributed by atoms with van der Waals surface area (Å²) >= 11 is 0. The summed E-state index contributed by atoms with van der Waals surface area (Å²) in [7, 11) is 0. The van der Waals surface area contributed by atoms with Crippen LogP contribution in [0, 0.1) is 5.82 Å². The summed E-state index contributed by atoms with van der Waals surface area (Å²) in [5.74, 6) is 0.0458. The second kappa shape index (κ2) is 7.09. The van der Waals surface area contributed by atoms with E-state index < -0.39 is 11.7 Å². The fourth-order valence-electron chi connectivity index (χ4n) is 2.30. The van der Waals surface area contributed by atoms with E-state index >= 15 is 0 Å². The molecule has 2 heterocycles. The average molecular weight is 332 g/mol. The molecule has 0 atom stereocenters. The van der Waals surface area contributed by atoms with Crippen LogP contribution >= 0.6 is 0 Å². The van der Waals surface area contributed by atoms with Crippen molar-refractivity contribution in [1.82, 2.24) is 15.4 Å². The topological polar surface area (TPSA) is 105 Å². The van der Waals surface area contributed by atoms with Gasteiger partial charge in [-0.3, -0.25) is 15.6 Å². The van der Waals surface area contributed by atoms with Crippen LogP contribution in [0.4, 0.5) is 21.7 Å². The third kappa shape index (κ3) is 3.51. The van der Waals surface area contributed by atoms with Gasteiger partial charge in [-0.15, -0.1) is 0 Å². The zero-order valence-corrected chi connectivity index (χ0v) is 12.8. The molecule has 24 heavy (non-hydrogen) atoms. The molecule has 9 heteroatoms. The molecule has 126 valence electrons. The highest BCUT2D eigenvalue weighted by Gasteiger charge is 2.18. The van der Waals surface area contributed by atoms with Crippen LogP contribution in [0.2, 0.25) is 0 Å². The van der Waals surface area contributed by atoms with Gasteiger partial charge in [-0.1, -0.05) is 0 Å². The first-order chi connectivity index (χ1) is 11.6. The molecule has 1 aromatic heterocycles. The molecule has 0 unspecified atom stereocenters. The zero-order chi connectivity index (χ0) is 16.9. The molecule has 4 N–H and O–H groups in total. The van der Waals surface area contributed by atoms with Crippen LogP contribution in [0.1, 0.15) is 10.4 Å². The lowest BCUT2D eigenvalue weighted by Gasteiger charge is -2.28. The number of nitrogens with two attached hydrogens (primary N) is 1. The van der Waals surface area contributed by atoms with Gasteiger partial charge in [0.1, 0.15) is 17.8 Å². The molecule has 0 bridgehead atoms. The number of nitrogens with zero attached hydrogens (tertiary/aromatic N) is 3. The van der Waals surface area contributed by atoms with E-state index in [0.717, 1.165) is 0 Å². The van der Waals surface area contributed by atoms with Gasteiger partial charge in [0.25, 0.3) is 5.91 Å². The van der Waals surface area contributed by atoms with Crippen molar-refractivity contribution in [1.29, 1.82) is 0 Å². The van der Waals surface area contributed by atoms with E-state index in [2.05, 4.69) is 20.8 Å². The minimum absolute atomic E-state index is 0.293. The molecular weight excluding hydrogens is 315 g/mol. The summed E-state index contributed by atoms with van der Waals surface area (Å²) in [6.07, 6.45) is 1.37. The van der Waals surface area contributed by atoms with Crippen LogP contribution in [0.15, 0.2) is 30.6 Å². The van der Waals surface area contributed by atoms with Gasteiger partial charge in [-0.05, 0) is 24.3 Å². The van der Waals surface area contributed by atoms with E-state index in [1.165, 1.54) is 30.6 Å². The molecule has 1 aliphatic rings. The van der Waals surface area contributed by atoms with Crippen LogP contribution in [-0.2, 0) is 4.74 Å². The Morgan fingerprint density at radius 1 is 1.21 bits per heavy atom. The maximum atomic E-state index is 12.9. The Morgan fingerprint density at radius 2 is 1.92 bits per heavy atom. The van der Waals surface area contributed by atoms with Gasteiger partial charge < -0.3 is 15.4 Å². The number of ether oxygens (including phenoxy) is 1. The van der Waals surface area contributed by atoms with Gasteiger partial charge >= 0.3 is 0 Å². The van der Waals surface area contributed by atoms with Crippen molar-refractivity contribution in [2.45, 2.75) is 0 Å². The van der Waals surface area contributed by atoms with Gasteiger partial charge in [0.15, 0.2) is 11.6 Å². The first-order valence-corrected chi connectivity index (χ1v) is 7.40. The normalized spacial score (nSPS) is 14.3. The molecule has 0 radical (unpaired) electrons. The van der Waals surface area contributed by atoms with Crippen molar-refractivity contribution in [2.24, 2.45) is 0 Å². The number of halogens is 1. The van der Waals surface area contributed by atoms with Crippen molar-refractivity contribution in [3.8, 4) is 0 Å². The number of hydrogen-bond acceptors (Lipinski definition) is 7. The lowest BCUT2D eigenvalue weighted by Crippen LogP contribution is -2.37. The van der Waals surface area contributed by atoms with E-state index in [-0.39, 0.29) is 0 Å². The molecule has 1 fully saturated rings. The molecule has 1 aliphatic heterocycles. The number of anilines is 3. The van der Waals surface area contributed by atoms with Crippen molar-refractivity contribution < 1.29 is 13.9 Å². The molecule has 1 saturated heterocycles. The lowest BCUT2D eigenvalue weighted by atomic mass is 10.2. The molecule has 8 nitrogen and oxygen atoms in total. The first kappa shape index (κ1) is 15.9. The van der Waals surface area contributed by atoms with Crippen LogP contribution in [0.3, 0.4) is 0 Å². The van der Waals surface area contributed by atoms with Gasteiger partial charge in [0.05, 0.1) is 13.2 Å². The number of hydrazine groups is 1. The van der Waals surface area contributed by atoms with Crippen LogP contribution in [0.25, 0.3) is 0 Å². The number of carbonyl (C=O) groups excluding carboxylic acids is 1. The van der Waals surface area contributed by atoms with E-state index in [4.69, 9.17) is 10.5 Å². The number of nitrogens with one attached hydrogen (secondary N) is 2. The predicted molar refractivity (Wildman–Crippen MR) is 87.0 cm³/mol. The van der Waals surface area contributed by atoms with Gasteiger partial charge in [-0.2, -0.15) is 0 Å². The summed E-state index contributed by atoms with van der Waals surface area (Å²) in [5, 5.41) is 0. The fraction of sp³-hybridized carbons (Fsp3) is 0.267. The number of morpholine rings is 1. The third-order valence-electron chi connectivity index (χ3n) is 3.57. The summed E-state index contributed by atoms with van der Waals surface area (Å²) in [5.41, 5.74) is 11.9. The van der Waals surface area contributed by atoms with Crippen LogP contribution < -0.4 is 21.5 Å². The number of benzene rings is 1. The first-order valence-electron chi connectivity index (χ1n) is 7.40. The highest BCUT2D eigenvalue weighted by molar-refractivity contribution is 5.95. The number of amides is 1. The minimum atomic E-state index is -0.430. The molecule has 3 rings (SSSR count). The van der Waals surface area contributed by atoms with Gasteiger partial charge in [-0.25, -0.2) is 14.4 Å². The Hall–Kier alpha value is -2.94. The second-order valence-corrected chi connectivity index (χ2v) is 5.14. The highest BCUT2D eigenvalue weighted by atomic mass is 19.1. The zero-order valence-electron chi connectivity index (χ0n) is 12.8. The maximum Gasteiger partial charge on any atom is 0.269 e. The summed E-state index contributed by atoms with van der Waals surface area (Å²) in [6.45, 7) is 2.58. The van der Waals surface area contributed by atoms with E-state index in [0.29, 0.717) is 49.2 Å². The van der Waals surface area contributed by atoms with E-state index in [1.807, 2.05) is 4.90 Å². The predicted octanol–water partition coefficient (Wildman–Crippen LogP) is 0.791. The molecule has 1 amide bonds. The Labute approximate surface area is 137 Å². The SMILES string of the molecule is Nc1c(NNC(=O)c2ccc(F)cc2)ncnc1N1CCOCC1.